The van der Waals surface area contributed by atoms with Crippen LogP contribution in [0.1, 0.15) is 0 Å². The Hall–Kier alpha value is -1.65. The second-order valence-electron chi connectivity index (χ2n) is 2.07. The number of fused-ring (bicyclic) bond motifs is 1. The van der Waals surface area contributed by atoms with Crippen LogP contribution < -0.4 is 10.1 Å². The molecule has 5 heteroatoms. The first-order chi connectivity index (χ1) is 5.36. The van der Waals surface area contributed by atoms with Gasteiger partial charge in [-0.15, -0.1) is 0 Å². The van der Waals surface area contributed by atoms with Gasteiger partial charge in [0.05, 0.1) is 6.20 Å². The van der Waals surface area contributed by atoms with Crippen LogP contribution in [0.25, 0.3) is 0 Å². The van der Waals surface area contributed by atoms with Crippen molar-refractivity contribution in [3.63, 3.8) is 0 Å². The molecule has 0 saturated heterocycles. The third kappa shape index (κ3) is 1.000. The van der Waals surface area contributed by atoms with Crippen molar-refractivity contribution in [1.82, 2.24) is 9.97 Å². The minimum absolute atomic E-state index is 0.0420. The maximum absolute atomic E-state index is 10.7. The van der Waals surface area contributed by atoms with E-state index in [9.17, 15) is 4.79 Å². The molecule has 1 aliphatic heterocycles. The van der Waals surface area contributed by atoms with Gasteiger partial charge in [-0.25, -0.2) is 9.97 Å². The molecule has 0 radical (unpaired) electrons. The molecule has 0 aromatic carbocycles. The summed E-state index contributed by atoms with van der Waals surface area (Å²) in [6.45, 7) is 0.0420. The molecule has 1 N–H and O–H groups in total. The van der Waals surface area contributed by atoms with Gasteiger partial charge in [-0.3, -0.25) is 4.79 Å². The number of aromatic nitrogens is 2. The fraction of sp³-hybridized carbons (Fsp3) is 0.167. The normalized spacial score (nSPS) is 14.7. The number of nitrogens with one attached hydrogen (secondary N) is 1. The van der Waals surface area contributed by atoms with E-state index in [0.717, 1.165) is 0 Å². The van der Waals surface area contributed by atoms with Gasteiger partial charge in [0, 0.05) is 0 Å². The quantitative estimate of drug-likeness (QED) is 0.558. The number of rotatable bonds is 0. The van der Waals surface area contributed by atoms with Gasteiger partial charge in [0.2, 0.25) is 0 Å². The van der Waals surface area contributed by atoms with Gasteiger partial charge >= 0.3 is 0 Å². The maximum Gasteiger partial charge on any atom is 0.263 e. The lowest BCUT2D eigenvalue weighted by Crippen LogP contribution is -2.26. The van der Waals surface area contributed by atoms with Crippen molar-refractivity contribution in [1.29, 1.82) is 0 Å². The standard InChI is InChI=1S/C6H5N3O2/c10-5-2-11-4-1-7-3-8-6(4)9-5/h1,3H,2H2,(H,7,8,9,10). The highest BCUT2D eigenvalue weighted by atomic mass is 16.5. The monoisotopic (exact) mass is 151 g/mol. The van der Waals surface area contributed by atoms with Crippen molar-refractivity contribution in [3.8, 4) is 5.75 Å². The zero-order chi connectivity index (χ0) is 7.68. The summed E-state index contributed by atoms with van der Waals surface area (Å²) >= 11 is 0. The zero-order valence-electron chi connectivity index (χ0n) is 5.57. The molecule has 0 atom stereocenters. The number of anilines is 1. The van der Waals surface area contributed by atoms with E-state index < -0.39 is 0 Å². The highest BCUT2D eigenvalue weighted by Gasteiger charge is 2.15. The summed E-state index contributed by atoms with van der Waals surface area (Å²) in [6.07, 6.45) is 2.87. The molecule has 1 amide bonds. The Bertz CT molecular complexity index is 300. The molecule has 56 valence electrons. The topological polar surface area (TPSA) is 64.1 Å². The van der Waals surface area contributed by atoms with Crippen LogP contribution in [0.15, 0.2) is 12.5 Å². The Morgan fingerprint density at radius 1 is 1.64 bits per heavy atom. The highest BCUT2D eigenvalue weighted by molar-refractivity contribution is 5.93. The third-order valence-electron chi connectivity index (χ3n) is 1.30. The number of ether oxygens (including phenoxy) is 1. The van der Waals surface area contributed by atoms with Crippen molar-refractivity contribution in [2.45, 2.75) is 0 Å². The predicted molar refractivity (Wildman–Crippen MR) is 36.2 cm³/mol. The van der Waals surface area contributed by atoms with Crippen molar-refractivity contribution in [2.24, 2.45) is 0 Å². The van der Waals surface area contributed by atoms with Gasteiger partial charge in [-0.1, -0.05) is 0 Å². The van der Waals surface area contributed by atoms with Crippen molar-refractivity contribution >= 4 is 11.7 Å². The molecular weight excluding hydrogens is 146 g/mol. The van der Waals surface area contributed by atoms with E-state index in [2.05, 4.69) is 15.3 Å². The van der Waals surface area contributed by atoms with Crippen LogP contribution in [0.5, 0.6) is 5.75 Å². The minimum Gasteiger partial charge on any atom is -0.478 e. The molecule has 1 aliphatic rings. The first kappa shape index (κ1) is 6.09. The molecule has 0 fully saturated rings. The van der Waals surface area contributed by atoms with Crippen LogP contribution in [-0.2, 0) is 4.79 Å². The SMILES string of the molecule is O=C1COc2cncnc2N1. The van der Waals surface area contributed by atoms with E-state index in [1.165, 1.54) is 12.5 Å². The zero-order valence-corrected chi connectivity index (χ0v) is 5.57. The van der Waals surface area contributed by atoms with E-state index in [1.807, 2.05) is 0 Å². The number of nitrogens with zero attached hydrogens (tertiary/aromatic N) is 2. The average Bonchev–Trinajstić information content (AvgIpc) is 2.04. The van der Waals surface area contributed by atoms with Crippen molar-refractivity contribution in [2.75, 3.05) is 11.9 Å². The summed E-state index contributed by atoms with van der Waals surface area (Å²) in [4.78, 5) is 18.3. The summed E-state index contributed by atoms with van der Waals surface area (Å²) in [5.41, 5.74) is 0. The molecule has 0 aliphatic carbocycles. The Balaban J connectivity index is 2.41. The fourth-order valence-electron chi connectivity index (χ4n) is 0.828. The molecule has 1 aromatic heterocycles. The van der Waals surface area contributed by atoms with Crippen LogP contribution in [0.3, 0.4) is 0 Å². The number of amides is 1. The molecule has 0 saturated carbocycles. The van der Waals surface area contributed by atoms with Crippen LogP contribution in [0.4, 0.5) is 5.82 Å². The number of hydrogen-bond acceptors (Lipinski definition) is 4. The molecule has 1 aromatic rings. The summed E-state index contributed by atoms with van der Waals surface area (Å²) in [5, 5.41) is 2.54. The number of carbonyl (C=O) groups excluding carboxylic acids is 1. The lowest BCUT2D eigenvalue weighted by Gasteiger charge is -2.14. The van der Waals surface area contributed by atoms with Crippen LogP contribution in [-0.4, -0.2) is 22.5 Å². The second kappa shape index (κ2) is 2.19. The molecule has 5 nitrogen and oxygen atoms in total. The van der Waals surface area contributed by atoms with Crippen LogP contribution in [0.2, 0.25) is 0 Å². The molecule has 11 heavy (non-hydrogen) atoms. The van der Waals surface area contributed by atoms with Crippen LogP contribution >= 0.6 is 0 Å². The lowest BCUT2D eigenvalue weighted by molar-refractivity contribution is -0.118. The van der Waals surface area contributed by atoms with Gasteiger partial charge < -0.3 is 10.1 Å². The van der Waals surface area contributed by atoms with Gasteiger partial charge in [0.15, 0.2) is 18.2 Å². The van der Waals surface area contributed by atoms with Crippen LogP contribution in [0, 0.1) is 0 Å². The van der Waals surface area contributed by atoms with E-state index in [1.54, 1.807) is 0 Å². The van der Waals surface area contributed by atoms with E-state index in [0.29, 0.717) is 11.6 Å². The number of hydrogen-bond donors (Lipinski definition) is 1. The van der Waals surface area contributed by atoms with Crippen molar-refractivity contribution in [3.05, 3.63) is 12.5 Å². The van der Waals surface area contributed by atoms with Gasteiger partial charge in [-0.05, 0) is 0 Å². The molecule has 2 heterocycles. The largest absolute Gasteiger partial charge is 0.478 e. The van der Waals surface area contributed by atoms with Crippen molar-refractivity contribution < 1.29 is 9.53 Å². The maximum atomic E-state index is 10.7. The Labute approximate surface area is 62.4 Å². The summed E-state index contributed by atoms with van der Waals surface area (Å²) in [6, 6.07) is 0. The summed E-state index contributed by atoms with van der Waals surface area (Å²) < 4.78 is 5.00. The minimum atomic E-state index is -0.184. The van der Waals surface area contributed by atoms with Gasteiger partial charge in [0.25, 0.3) is 5.91 Å². The lowest BCUT2D eigenvalue weighted by atomic mass is 10.4. The Morgan fingerprint density at radius 2 is 2.55 bits per heavy atom. The fourth-order valence-corrected chi connectivity index (χ4v) is 0.828. The Kier molecular flexibility index (Phi) is 1.21. The first-order valence-electron chi connectivity index (χ1n) is 3.09. The molecule has 2 rings (SSSR count). The summed E-state index contributed by atoms with van der Waals surface area (Å²) in [5.74, 6) is 0.777. The molecule has 0 spiro atoms. The number of carbonyl (C=O) groups is 1. The molecule has 0 bridgehead atoms. The van der Waals surface area contributed by atoms with Gasteiger partial charge in [-0.2, -0.15) is 0 Å². The Morgan fingerprint density at radius 3 is 3.45 bits per heavy atom. The first-order valence-corrected chi connectivity index (χ1v) is 3.09. The summed E-state index contributed by atoms with van der Waals surface area (Å²) in [7, 11) is 0. The molecule has 0 unspecified atom stereocenters. The molecular formula is C6H5N3O2. The van der Waals surface area contributed by atoms with Gasteiger partial charge in [0.1, 0.15) is 6.33 Å². The van der Waals surface area contributed by atoms with E-state index >= 15 is 0 Å². The predicted octanol–water partition coefficient (Wildman–Crippen LogP) is -0.193. The smallest absolute Gasteiger partial charge is 0.263 e. The second-order valence-corrected chi connectivity index (χ2v) is 2.07. The van der Waals surface area contributed by atoms with E-state index in [4.69, 9.17) is 4.74 Å². The average molecular weight is 151 g/mol. The highest BCUT2D eigenvalue weighted by Crippen LogP contribution is 2.21. The third-order valence-corrected chi connectivity index (χ3v) is 1.30. The van der Waals surface area contributed by atoms with E-state index in [-0.39, 0.29) is 12.5 Å².